The highest BCUT2D eigenvalue weighted by Gasteiger charge is 2.31. The fraction of sp³-hybridized carbons (Fsp3) is 1.00. The first-order valence-corrected chi connectivity index (χ1v) is 6.24. The number of aliphatic hydroxyl groups is 1. The van der Waals surface area contributed by atoms with Gasteiger partial charge in [-0.15, -0.1) is 0 Å². The van der Waals surface area contributed by atoms with Crippen molar-refractivity contribution < 1.29 is 5.11 Å². The Balaban J connectivity index is 2.25. The minimum atomic E-state index is -0.433. The van der Waals surface area contributed by atoms with Gasteiger partial charge < -0.3 is 10.4 Å². The van der Waals surface area contributed by atoms with E-state index in [0.29, 0.717) is 5.41 Å². The van der Waals surface area contributed by atoms with Crippen molar-refractivity contribution in [1.82, 2.24) is 5.32 Å². The van der Waals surface area contributed by atoms with Gasteiger partial charge in [-0.1, -0.05) is 27.7 Å². The molecular weight excluding hydrogens is 186 g/mol. The highest BCUT2D eigenvalue weighted by Crippen LogP contribution is 2.31. The molecule has 1 saturated carbocycles. The van der Waals surface area contributed by atoms with Crippen LogP contribution >= 0.6 is 0 Å². The molecule has 0 radical (unpaired) electrons. The molecule has 0 aliphatic heterocycles. The van der Waals surface area contributed by atoms with E-state index in [-0.39, 0.29) is 0 Å². The van der Waals surface area contributed by atoms with E-state index in [1.165, 1.54) is 12.8 Å². The van der Waals surface area contributed by atoms with Crippen LogP contribution in [-0.2, 0) is 0 Å². The SMILES string of the molecule is CC1CCC(O)(CNCC(C)(C)C)CC1. The van der Waals surface area contributed by atoms with Crippen molar-refractivity contribution in [2.24, 2.45) is 11.3 Å². The van der Waals surface area contributed by atoms with Gasteiger partial charge in [-0.3, -0.25) is 0 Å². The number of nitrogens with one attached hydrogen (secondary N) is 1. The maximum atomic E-state index is 10.3. The normalized spacial score (nSPS) is 33.0. The fourth-order valence-corrected chi connectivity index (χ4v) is 2.15. The minimum Gasteiger partial charge on any atom is -0.389 e. The van der Waals surface area contributed by atoms with Crippen LogP contribution in [0.4, 0.5) is 0 Å². The maximum Gasteiger partial charge on any atom is 0.0771 e. The summed E-state index contributed by atoms with van der Waals surface area (Å²) in [4.78, 5) is 0. The summed E-state index contributed by atoms with van der Waals surface area (Å²) >= 11 is 0. The molecule has 0 aromatic carbocycles. The van der Waals surface area contributed by atoms with Gasteiger partial charge in [0.25, 0.3) is 0 Å². The highest BCUT2D eigenvalue weighted by molar-refractivity contribution is 4.86. The standard InChI is InChI=1S/C13H27NO/c1-11-5-7-13(15,8-6-11)10-14-9-12(2,3)4/h11,14-15H,5-10H2,1-4H3. The van der Waals surface area contributed by atoms with Crippen LogP contribution in [0.2, 0.25) is 0 Å². The fourth-order valence-electron chi connectivity index (χ4n) is 2.15. The second kappa shape index (κ2) is 4.84. The van der Waals surface area contributed by atoms with E-state index in [1.54, 1.807) is 0 Å². The maximum absolute atomic E-state index is 10.3. The lowest BCUT2D eigenvalue weighted by atomic mass is 9.79. The summed E-state index contributed by atoms with van der Waals surface area (Å²) in [6, 6.07) is 0. The van der Waals surface area contributed by atoms with Crippen LogP contribution in [0, 0.1) is 11.3 Å². The topological polar surface area (TPSA) is 32.3 Å². The van der Waals surface area contributed by atoms with E-state index in [2.05, 4.69) is 33.0 Å². The van der Waals surface area contributed by atoms with Crippen molar-refractivity contribution in [2.75, 3.05) is 13.1 Å². The molecule has 0 heterocycles. The average Bonchev–Trinajstić information content (AvgIpc) is 2.09. The molecule has 1 aliphatic carbocycles. The lowest BCUT2D eigenvalue weighted by Gasteiger charge is -2.35. The molecule has 1 aliphatic rings. The van der Waals surface area contributed by atoms with E-state index < -0.39 is 5.60 Å². The number of hydrogen-bond donors (Lipinski definition) is 2. The molecular formula is C13H27NO. The Morgan fingerprint density at radius 2 is 1.80 bits per heavy atom. The Kier molecular flexibility index (Phi) is 4.19. The summed E-state index contributed by atoms with van der Waals surface area (Å²) in [5.41, 5.74) is -0.129. The van der Waals surface area contributed by atoms with Crippen molar-refractivity contribution >= 4 is 0 Å². The van der Waals surface area contributed by atoms with Gasteiger partial charge in [0.2, 0.25) is 0 Å². The first kappa shape index (κ1) is 13.0. The van der Waals surface area contributed by atoms with Gasteiger partial charge in [0, 0.05) is 13.1 Å². The Bertz CT molecular complexity index is 187. The van der Waals surface area contributed by atoms with Crippen LogP contribution < -0.4 is 5.32 Å². The summed E-state index contributed by atoms with van der Waals surface area (Å²) < 4.78 is 0. The summed E-state index contributed by atoms with van der Waals surface area (Å²) in [6.45, 7) is 10.7. The lowest BCUT2D eigenvalue weighted by molar-refractivity contribution is -0.00726. The molecule has 0 aromatic rings. The van der Waals surface area contributed by atoms with Crippen molar-refractivity contribution in [3.8, 4) is 0 Å². The Labute approximate surface area is 94.5 Å². The molecule has 1 rings (SSSR count). The van der Waals surface area contributed by atoms with Crippen molar-refractivity contribution in [2.45, 2.75) is 59.0 Å². The molecule has 0 spiro atoms. The molecule has 0 saturated heterocycles. The van der Waals surface area contributed by atoms with Gasteiger partial charge in [0.15, 0.2) is 0 Å². The van der Waals surface area contributed by atoms with Crippen molar-refractivity contribution in [3.05, 3.63) is 0 Å². The van der Waals surface area contributed by atoms with Crippen LogP contribution in [0.1, 0.15) is 53.4 Å². The summed E-state index contributed by atoms with van der Waals surface area (Å²) in [5, 5.41) is 13.7. The molecule has 1 fully saturated rings. The quantitative estimate of drug-likeness (QED) is 0.755. The summed E-state index contributed by atoms with van der Waals surface area (Å²) in [5.74, 6) is 0.799. The van der Waals surface area contributed by atoms with Gasteiger partial charge in [-0.05, 0) is 37.0 Å². The first-order chi connectivity index (χ1) is 6.81. The van der Waals surface area contributed by atoms with E-state index in [9.17, 15) is 5.11 Å². The first-order valence-electron chi connectivity index (χ1n) is 6.24. The molecule has 0 atom stereocenters. The van der Waals surface area contributed by atoms with Gasteiger partial charge >= 0.3 is 0 Å². The lowest BCUT2D eigenvalue weighted by Crippen LogP contribution is -2.45. The monoisotopic (exact) mass is 213 g/mol. The molecule has 2 heteroatoms. The second-order valence-electron chi connectivity index (χ2n) is 6.57. The van der Waals surface area contributed by atoms with Crippen LogP contribution in [0.5, 0.6) is 0 Å². The Morgan fingerprint density at radius 1 is 1.27 bits per heavy atom. The van der Waals surface area contributed by atoms with E-state index in [0.717, 1.165) is 31.8 Å². The predicted molar refractivity (Wildman–Crippen MR) is 64.9 cm³/mol. The molecule has 0 bridgehead atoms. The van der Waals surface area contributed by atoms with Gasteiger partial charge in [0.1, 0.15) is 0 Å². The highest BCUT2D eigenvalue weighted by atomic mass is 16.3. The van der Waals surface area contributed by atoms with Crippen LogP contribution in [0.15, 0.2) is 0 Å². The zero-order chi connectivity index (χ0) is 11.5. The molecule has 15 heavy (non-hydrogen) atoms. The van der Waals surface area contributed by atoms with Gasteiger partial charge in [-0.25, -0.2) is 0 Å². The second-order valence-corrected chi connectivity index (χ2v) is 6.57. The summed E-state index contributed by atoms with van der Waals surface area (Å²) in [6.07, 6.45) is 4.28. The molecule has 2 N–H and O–H groups in total. The molecule has 0 unspecified atom stereocenters. The largest absolute Gasteiger partial charge is 0.389 e. The zero-order valence-electron chi connectivity index (χ0n) is 10.8. The predicted octanol–water partition coefficient (Wildman–Crippen LogP) is 2.56. The van der Waals surface area contributed by atoms with Crippen LogP contribution in [-0.4, -0.2) is 23.8 Å². The minimum absolute atomic E-state index is 0.304. The Hall–Kier alpha value is -0.0800. The average molecular weight is 213 g/mol. The number of hydrogen-bond acceptors (Lipinski definition) is 2. The Morgan fingerprint density at radius 3 is 2.27 bits per heavy atom. The smallest absolute Gasteiger partial charge is 0.0771 e. The summed E-state index contributed by atoms with van der Waals surface area (Å²) in [7, 11) is 0. The van der Waals surface area contributed by atoms with E-state index >= 15 is 0 Å². The molecule has 2 nitrogen and oxygen atoms in total. The zero-order valence-corrected chi connectivity index (χ0v) is 10.8. The number of rotatable bonds is 3. The van der Waals surface area contributed by atoms with Crippen LogP contribution in [0.25, 0.3) is 0 Å². The van der Waals surface area contributed by atoms with Crippen LogP contribution in [0.3, 0.4) is 0 Å². The third-order valence-corrected chi connectivity index (χ3v) is 3.31. The van der Waals surface area contributed by atoms with Crippen molar-refractivity contribution in [1.29, 1.82) is 0 Å². The van der Waals surface area contributed by atoms with Gasteiger partial charge in [0.05, 0.1) is 5.60 Å². The van der Waals surface area contributed by atoms with Gasteiger partial charge in [-0.2, -0.15) is 0 Å². The van der Waals surface area contributed by atoms with E-state index in [4.69, 9.17) is 0 Å². The molecule has 0 aromatic heterocycles. The third-order valence-electron chi connectivity index (χ3n) is 3.31. The molecule has 90 valence electrons. The third kappa shape index (κ3) is 4.98. The van der Waals surface area contributed by atoms with Crippen molar-refractivity contribution in [3.63, 3.8) is 0 Å². The van der Waals surface area contributed by atoms with E-state index in [1.807, 2.05) is 0 Å². The molecule has 0 amide bonds.